The lowest BCUT2D eigenvalue weighted by molar-refractivity contribution is 0.588. The molecule has 0 radical (unpaired) electrons. The monoisotopic (exact) mass is 413 g/mol. The van der Waals surface area contributed by atoms with Crippen LogP contribution in [0.5, 0.6) is 0 Å². The summed E-state index contributed by atoms with van der Waals surface area (Å²) in [6.07, 6.45) is 0. The fourth-order valence-corrected chi connectivity index (χ4v) is 3.74. The molecule has 2 rings (SSSR count). The normalized spacial score (nSPS) is 11.1. The molecule has 1 N–H and O–H groups in total. The third kappa shape index (κ3) is 4.62. The maximum Gasteiger partial charge on any atom is 0.0318 e. The second-order valence-corrected chi connectivity index (χ2v) is 7.63. The van der Waals surface area contributed by atoms with Gasteiger partial charge in [0.1, 0.15) is 0 Å². The predicted octanol–water partition coefficient (Wildman–Crippen LogP) is 5.86. The average molecular weight is 415 g/mol. The van der Waals surface area contributed by atoms with Crippen molar-refractivity contribution in [2.45, 2.75) is 36.2 Å². The van der Waals surface area contributed by atoms with Crippen LogP contribution < -0.4 is 5.32 Å². The lowest BCUT2D eigenvalue weighted by Crippen LogP contribution is -2.21. The molecule has 0 unspecified atom stereocenters. The minimum Gasteiger partial charge on any atom is -0.310 e. The lowest BCUT2D eigenvalue weighted by Gasteiger charge is -2.11. The number of hydrogen-bond acceptors (Lipinski definition) is 2. The highest BCUT2D eigenvalue weighted by Crippen LogP contribution is 2.37. The van der Waals surface area contributed by atoms with Gasteiger partial charge >= 0.3 is 0 Å². The van der Waals surface area contributed by atoms with Crippen LogP contribution in [0, 0.1) is 0 Å². The van der Waals surface area contributed by atoms with Gasteiger partial charge in [0.25, 0.3) is 0 Å². The summed E-state index contributed by atoms with van der Waals surface area (Å²) < 4.78 is 2.27. The zero-order valence-corrected chi connectivity index (χ0v) is 15.5. The molecule has 2 aromatic carbocycles. The summed E-state index contributed by atoms with van der Waals surface area (Å²) in [5.74, 6) is 0. The van der Waals surface area contributed by atoms with Gasteiger partial charge in [0.05, 0.1) is 0 Å². The fourth-order valence-electron chi connectivity index (χ4n) is 1.71. The Labute approximate surface area is 141 Å². The molecule has 0 heterocycles. The Morgan fingerprint density at radius 1 is 1.00 bits per heavy atom. The number of hydrogen-bond donors (Lipinski definition) is 1. The molecule has 106 valence electrons. The van der Waals surface area contributed by atoms with E-state index in [-0.39, 0.29) is 0 Å². The van der Waals surface area contributed by atoms with Gasteiger partial charge in [-0.15, -0.1) is 0 Å². The van der Waals surface area contributed by atoms with E-state index in [0.29, 0.717) is 6.04 Å². The Kier molecular flexibility index (Phi) is 6.15. The second kappa shape index (κ2) is 7.64. The molecule has 0 aliphatic heterocycles. The van der Waals surface area contributed by atoms with Gasteiger partial charge < -0.3 is 5.32 Å². The maximum absolute atomic E-state index is 3.67. The van der Waals surface area contributed by atoms with E-state index in [9.17, 15) is 0 Å². The molecule has 2 aromatic rings. The summed E-state index contributed by atoms with van der Waals surface area (Å²) in [6.45, 7) is 5.22. The van der Waals surface area contributed by atoms with E-state index >= 15 is 0 Å². The molecular weight excluding hydrogens is 398 g/mol. The smallest absolute Gasteiger partial charge is 0.0318 e. The van der Waals surface area contributed by atoms with Crippen LogP contribution in [-0.4, -0.2) is 6.04 Å². The first-order chi connectivity index (χ1) is 9.56. The fraction of sp³-hybridized carbons (Fsp3) is 0.250. The Morgan fingerprint density at radius 2 is 1.70 bits per heavy atom. The molecule has 4 heteroatoms. The summed E-state index contributed by atoms with van der Waals surface area (Å²) in [5.41, 5.74) is 1.29. The topological polar surface area (TPSA) is 12.0 Å². The van der Waals surface area contributed by atoms with Crippen molar-refractivity contribution in [2.75, 3.05) is 0 Å². The van der Waals surface area contributed by atoms with Crippen LogP contribution in [0.3, 0.4) is 0 Å². The zero-order valence-electron chi connectivity index (χ0n) is 11.5. The quantitative estimate of drug-likeness (QED) is 0.657. The van der Waals surface area contributed by atoms with Gasteiger partial charge in [0.2, 0.25) is 0 Å². The van der Waals surface area contributed by atoms with Crippen molar-refractivity contribution in [3.8, 4) is 0 Å². The van der Waals surface area contributed by atoms with Crippen molar-refractivity contribution in [3.63, 3.8) is 0 Å². The molecule has 0 atom stereocenters. The number of halogens is 2. The van der Waals surface area contributed by atoms with E-state index in [4.69, 9.17) is 0 Å². The van der Waals surface area contributed by atoms with E-state index in [1.165, 1.54) is 15.4 Å². The van der Waals surface area contributed by atoms with Gasteiger partial charge in [0.15, 0.2) is 0 Å². The number of rotatable bonds is 5. The van der Waals surface area contributed by atoms with Crippen molar-refractivity contribution in [2.24, 2.45) is 0 Å². The first-order valence-corrected chi connectivity index (χ1v) is 8.90. The van der Waals surface area contributed by atoms with Crippen LogP contribution >= 0.6 is 43.6 Å². The van der Waals surface area contributed by atoms with Gasteiger partial charge in [-0.25, -0.2) is 0 Å². The van der Waals surface area contributed by atoms with Gasteiger partial charge in [0, 0.05) is 31.3 Å². The highest BCUT2D eigenvalue weighted by molar-refractivity contribution is 9.11. The molecule has 0 bridgehead atoms. The number of nitrogens with one attached hydrogen (secondary N) is 1. The van der Waals surface area contributed by atoms with Gasteiger partial charge in [-0.05, 0) is 61.7 Å². The van der Waals surface area contributed by atoms with Crippen molar-refractivity contribution in [1.82, 2.24) is 5.32 Å². The van der Waals surface area contributed by atoms with Gasteiger partial charge in [-0.1, -0.05) is 43.8 Å². The first-order valence-electron chi connectivity index (χ1n) is 6.50. The van der Waals surface area contributed by atoms with E-state index in [1.54, 1.807) is 11.8 Å². The summed E-state index contributed by atoms with van der Waals surface area (Å²) in [7, 11) is 0. The Bertz CT molecular complexity index is 584. The van der Waals surface area contributed by atoms with Crippen molar-refractivity contribution >= 4 is 43.6 Å². The Balaban J connectivity index is 2.12. The minimum atomic E-state index is 0.503. The minimum absolute atomic E-state index is 0.503. The summed E-state index contributed by atoms with van der Waals surface area (Å²) in [4.78, 5) is 2.45. The maximum atomic E-state index is 3.67. The summed E-state index contributed by atoms with van der Waals surface area (Å²) in [6, 6.07) is 15.3. The van der Waals surface area contributed by atoms with E-state index in [2.05, 4.69) is 87.4 Å². The molecular formula is C16H17Br2NS. The molecule has 0 fully saturated rings. The van der Waals surface area contributed by atoms with E-state index in [1.807, 2.05) is 6.07 Å². The molecule has 1 nitrogen and oxygen atoms in total. The highest BCUT2D eigenvalue weighted by atomic mass is 79.9. The van der Waals surface area contributed by atoms with Crippen LogP contribution in [-0.2, 0) is 6.54 Å². The molecule has 0 saturated carbocycles. The Morgan fingerprint density at radius 3 is 2.35 bits per heavy atom. The standard InChI is InChI=1S/C16H17Br2NS/c1-11(2)19-10-12-7-8-16(14(18)9-12)20-15-6-4-3-5-13(15)17/h3-9,11,19H,10H2,1-2H3. The molecule has 0 aliphatic carbocycles. The summed E-state index contributed by atoms with van der Waals surface area (Å²) >= 11 is 9.02. The number of benzene rings is 2. The van der Waals surface area contributed by atoms with Crippen LogP contribution in [0.4, 0.5) is 0 Å². The van der Waals surface area contributed by atoms with Crippen molar-refractivity contribution in [3.05, 3.63) is 57.0 Å². The van der Waals surface area contributed by atoms with Crippen LogP contribution in [0.15, 0.2) is 61.2 Å². The Hall–Kier alpha value is -0.290. The third-order valence-corrected chi connectivity index (χ3v) is 5.79. The van der Waals surface area contributed by atoms with E-state index < -0.39 is 0 Å². The highest BCUT2D eigenvalue weighted by Gasteiger charge is 2.06. The van der Waals surface area contributed by atoms with E-state index in [0.717, 1.165) is 15.5 Å². The van der Waals surface area contributed by atoms with Crippen LogP contribution in [0.25, 0.3) is 0 Å². The van der Waals surface area contributed by atoms with Crippen molar-refractivity contribution in [1.29, 1.82) is 0 Å². The zero-order chi connectivity index (χ0) is 14.5. The van der Waals surface area contributed by atoms with Crippen molar-refractivity contribution < 1.29 is 0 Å². The predicted molar refractivity (Wildman–Crippen MR) is 94.4 cm³/mol. The molecule has 0 spiro atoms. The lowest BCUT2D eigenvalue weighted by atomic mass is 10.2. The average Bonchev–Trinajstić information content (AvgIpc) is 2.41. The molecule has 0 amide bonds. The molecule has 0 aromatic heterocycles. The first kappa shape index (κ1) is 16.1. The van der Waals surface area contributed by atoms with Crippen LogP contribution in [0.2, 0.25) is 0 Å². The van der Waals surface area contributed by atoms with Crippen LogP contribution in [0.1, 0.15) is 19.4 Å². The van der Waals surface area contributed by atoms with Gasteiger partial charge in [-0.2, -0.15) is 0 Å². The molecule has 0 saturated heterocycles. The largest absolute Gasteiger partial charge is 0.310 e. The van der Waals surface area contributed by atoms with Gasteiger partial charge in [-0.3, -0.25) is 0 Å². The summed E-state index contributed by atoms with van der Waals surface area (Å²) in [5, 5.41) is 3.43. The second-order valence-electron chi connectivity index (χ2n) is 4.83. The molecule has 20 heavy (non-hydrogen) atoms. The SMILES string of the molecule is CC(C)NCc1ccc(Sc2ccccc2Br)c(Br)c1. The molecule has 0 aliphatic rings. The third-order valence-electron chi connectivity index (χ3n) is 2.77.